The zero-order valence-corrected chi connectivity index (χ0v) is 13.7. The number of nitrogens with zero attached hydrogens (tertiary/aromatic N) is 3. The number of imidazole rings is 1. The van der Waals surface area contributed by atoms with E-state index in [2.05, 4.69) is 4.98 Å². The molecule has 128 valence electrons. The first-order chi connectivity index (χ1) is 12.0. The van der Waals surface area contributed by atoms with Gasteiger partial charge in [-0.05, 0) is 25.3 Å². The van der Waals surface area contributed by atoms with Crippen LogP contribution in [0.2, 0.25) is 0 Å². The molecule has 3 N–H and O–H groups in total. The van der Waals surface area contributed by atoms with Gasteiger partial charge in [-0.2, -0.15) is 0 Å². The van der Waals surface area contributed by atoms with E-state index in [1.807, 2.05) is 30.3 Å². The van der Waals surface area contributed by atoms with Gasteiger partial charge in [-0.3, -0.25) is 9.59 Å². The van der Waals surface area contributed by atoms with Crippen LogP contribution in [0.5, 0.6) is 5.75 Å². The molecule has 3 rings (SSSR count). The lowest BCUT2D eigenvalue weighted by atomic mass is 10.1. The number of nitrogens with two attached hydrogens (primary N) is 1. The first-order valence-electron chi connectivity index (χ1n) is 7.80. The minimum Gasteiger partial charge on any atom is -0.507 e. The molecule has 7 nitrogen and oxygen atoms in total. The van der Waals surface area contributed by atoms with Gasteiger partial charge in [-0.15, -0.1) is 0 Å². The Labute approximate surface area is 144 Å². The molecule has 2 aromatic heterocycles. The van der Waals surface area contributed by atoms with Crippen molar-refractivity contribution in [3.8, 4) is 5.75 Å². The second kappa shape index (κ2) is 6.64. The number of aromatic hydroxyl groups is 1. The molecule has 0 radical (unpaired) electrons. The maximum Gasteiger partial charge on any atom is 0.286 e. The summed E-state index contributed by atoms with van der Waals surface area (Å²) in [5, 5.41) is 10.1. The van der Waals surface area contributed by atoms with Crippen LogP contribution in [0, 0.1) is 6.92 Å². The molecule has 0 fully saturated rings. The van der Waals surface area contributed by atoms with Crippen LogP contribution < -0.4 is 11.3 Å². The Morgan fingerprint density at radius 1 is 1.24 bits per heavy atom. The number of aryl methyl sites for hydroxylation is 3. The smallest absolute Gasteiger partial charge is 0.286 e. The van der Waals surface area contributed by atoms with Crippen molar-refractivity contribution in [1.82, 2.24) is 14.3 Å². The third kappa shape index (κ3) is 3.16. The molecular weight excluding hydrogens is 320 g/mol. The van der Waals surface area contributed by atoms with Gasteiger partial charge >= 0.3 is 0 Å². The van der Waals surface area contributed by atoms with Crippen LogP contribution in [0.1, 0.15) is 27.3 Å². The average Bonchev–Trinajstić information content (AvgIpc) is 2.99. The molecule has 0 unspecified atom stereocenters. The number of aromatic nitrogens is 3. The van der Waals surface area contributed by atoms with E-state index in [1.54, 1.807) is 13.1 Å². The van der Waals surface area contributed by atoms with Crippen molar-refractivity contribution >= 4 is 5.91 Å². The summed E-state index contributed by atoms with van der Waals surface area (Å²) in [6.07, 6.45) is 4.24. The summed E-state index contributed by atoms with van der Waals surface area (Å²) in [6.45, 7) is 1.79. The Morgan fingerprint density at radius 2 is 1.96 bits per heavy atom. The monoisotopic (exact) mass is 338 g/mol. The van der Waals surface area contributed by atoms with E-state index in [0.717, 1.165) is 5.56 Å². The van der Waals surface area contributed by atoms with Crippen LogP contribution in [0.25, 0.3) is 0 Å². The highest BCUT2D eigenvalue weighted by Gasteiger charge is 2.20. The lowest BCUT2D eigenvalue weighted by molar-refractivity contribution is 0.0995. The van der Waals surface area contributed by atoms with E-state index in [0.29, 0.717) is 24.2 Å². The van der Waals surface area contributed by atoms with Gasteiger partial charge in [-0.25, -0.2) is 14.3 Å². The molecule has 0 aliphatic carbocycles. The lowest BCUT2D eigenvalue weighted by Gasteiger charge is -2.17. The number of rotatable bonds is 5. The molecule has 1 aromatic carbocycles. The first kappa shape index (κ1) is 16.5. The van der Waals surface area contributed by atoms with Crippen LogP contribution in [0.15, 0.2) is 53.7 Å². The predicted octanol–water partition coefficient (Wildman–Crippen LogP) is 1.25. The van der Waals surface area contributed by atoms with Gasteiger partial charge in [-0.1, -0.05) is 30.3 Å². The molecule has 0 saturated heterocycles. The largest absolute Gasteiger partial charge is 0.507 e. The average molecular weight is 338 g/mol. The fourth-order valence-corrected chi connectivity index (χ4v) is 2.76. The zero-order valence-electron chi connectivity index (χ0n) is 13.7. The van der Waals surface area contributed by atoms with Gasteiger partial charge in [0.2, 0.25) is 0 Å². The predicted molar refractivity (Wildman–Crippen MR) is 92.5 cm³/mol. The fourth-order valence-electron chi connectivity index (χ4n) is 2.76. The fraction of sp³-hybridized carbons (Fsp3) is 0.167. The molecule has 0 aliphatic rings. The first-order valence-corrected chi connectivity index (χ1v) is 7.80. The van der Waals surface area contributed by atoms with Crippen LogP contribution in [-0.4, -0.2) is 25.3 Å². The van der Waals surface area contributed by atoms with Crippen molar-refractivity contribution in [2.75, 3.05) is 0 Å². The van der Waals surface area contributed by atoms with E-state index in [1.165, 1.54) is 21.7 Å². The highest BCUT2D eigenvalue weighted by atomic mass is 16.3. The minimum absolute atomic E-state index is 0.408. The van der Waals surface area contributed by atoms with Gasteiger partial charge in [0.05, 0.1) is 5.69 Å². The number of hydrogen-bond donors (Lipinski definition) is 2. The Balaban J connectivity index is 2.12. The van der Waals surface area contributed by atoms with Gasteiger partial charge in [0.25, 0.3) is 11.5 Å². The Morgan fingerprint density at radius 3 is 2.56 bits per heavy atom. The van der Waals surface area contributed by atoms with Crippen LogP contribution in [-0.2, 0) is 12.8 Å². The maximum absolute atomic E-state index is 12.8. The highest BCUT2D eigenvalue weighted by Crippen LogP contribution is 2.17. The Kier molecular flexibility index (Phi) is 4.38. The second-order valence-corrected chi connectivity index (χ2v) is 5.74. The van der Waals surface area contributed by atoms with Crippen molar-refractivity contribution in [1.29, 1.82) is 0 Å². The van der Waals surface area contributed by atoms with E-state index in [9.17, 15) is 14.7 Å². The standard InChI is InChI=1S/C18H18N4O3/c1-12-10-20-11-21(12)22-14(8-7-13-5-3-2-4-6-13)9-15(23)16(17(19)24)18(22)25/h2-6,9-11,23H,7-8H2,1H3,(H2,19,24). The Hall–Kier alpha value is -3.35. The molecule has 0 atom stereocenters. The summed E-state index contributed by atoms with van der Waals surface area (Å²) in [5.74, 6) is -1.38. The van der Waals surface area contributed by atoms with Gasteiger partial charge < -0.3 is 10.8 Å². The number of hydrogen-bond acceptors (Lipinski definition) is 4. The molecule has 25 heavy (non-hydrogen) atoms. The van der Waals surface area contributed by atoms with E-state index in [-0.39, 0.29) is 0 Å². The molecule has 3 aromatic rings. The van der Waals surface area contributed by atoms with Gasteiger partial charge in [0.15, 0.2) is 0 Å². The number of carbonyl (C=O) groups is 1. The second-order valence-electron chi connectivity index (χ2n) is 5.74. The topological polar surface area (TPSA) is 103 Å². The number of carbonyl (C=O) groups excluding carboxylic acids is 1. The van der Waals surface area contributed by atoms with Crippen LogP contribution >= 0.6 is 0 Å². The summed E-state index contributed by atoms with van der Waals surface area (Å²) in [5.41, 5.74) is 6.51. The molecular formula is C18H18N4O3. The summed E-state index contributed by atoms with van der Waals surface area (Å²) in [6, 6.07) is 11.2. The van der Waals surface area contributed by atoms with E-state index < -0.39 is 22.8 Å². The van der Waals surface area contributed by atoms with Crippen LogP contribution in [0.4, 0.5) is 0 Å². The molecule has 1 amide bonds. The summed E-state index contributed by atoms with van der Waals surface area (Å²) in [4.78, 5) is 28.4. The van der Waals surface area contributed by atoms with Crippen molar-refractivity contribution in [2.45, 2.75) is 19.8 Å². The number of amides is 1. The van der Waals surface area contributed by atoms with Crippen LogP contribution in [0.3, 0.4) is 0 Å². The Bertz CT molecular complexity index is 974. The van der Waals surface area contributed by atoms with E-state index in [4.69, 9.17) is 5.73 Å². The molecule has 0 bridgehead atoms. The van der Waals surface area contributed by atoms with Crippen molar-refractivity contribution in [2.24, 2.45) is 5.73 Å². The number of primary amides is 1. The minimum atomic E-state index is -0.969. The van der Waals surface area contributed by atoms with Crippen molar-refractivity contribution < 1.29 is 9.90 Å². The third-order valence-electron chi connectivity index (χ3n) is 4.01. The van der Waals surface area contributed by atoms with E-state index >= 15 is 0 Å². The summed E-state index contributed by atoms with van der Waals surface area (Å²) < 4.78 is 2.86. The molecule has 7 heteroatoms. The number of pyridine rings is 1. The SMILES string of the molecule is Cc1cncn1-n1c(CCc2ccccc2)cc(O)c(C(N)=O)c1=O. The summed E-state index contributed by atoms with van der Waals surface area (Å²) >= 11 is 0. The maximum atomic E-state index is 12.8. The third-order valence-corrected chi connectivity index (χ3v) is 4.01. The normalized spacial score (nSPS) is 10.8. The quantitative estimate of drug-likeness (QED) is 0.731. The zero-order chi connectivity index (χ0) is 18.0. The van der Waals surface area contributed by atoms with Crippen molar-refractivity contribution in [3.05, 3.63) is 81.8 Å². The van der Waals surface area contributed by atoms with Gasteiger partial charge in [0, 0.05) is 18.0 Å². The lowest BCUT2D eigenvalue weighted by Crippen LogP contribution is -2.35. The molecule has 0 saturated carbocycles. The highest BCUT2D eigenvalue weighted by molar-refractivity contribution is 5.95. The van der Waals surface area contributed by atoms with Gasteiger partial charge in [0.1, 0.15) is 17.6 Å². The number of benzene rings is 1. The molecule has 2 heterocycles. The molecule has 0 spiro atoms. The van der Waals surface area contributed by atoms with Crippen molar-refractivity contribution in [3.63, 3.8) is 0 Å². The molecule has 0 aliphatic heterocycles. The summed E-state index contributed by atoms with van der Waals surface area (Å²) in [7, 11) is 0.